The summed E-state index contributed by atoms with van der Waals surface area (Å²) < 4.78 is 0. The van der Waals surface area contributed by atoms with E-state index in [1.165, 1.54) is 0 Å². The van der Waals surface area contributed by atoms with Crippen LogP contribution in [0, 0.1) is 0 Å². The molecule has 1 aromatic carbocycles. The summed E-state index contributed by atoms with van der Waals surface area (Å²) in [4.78, 5) is 19.8. The molecule has 2 aliphatic heterocycles. The lowest BCUT2D eigenvalue weighted by Crippen LogP contribution is -2.54. The number of piperidine rings is 1. The minimum atomic E-state index is -0.477. The van der Waals surface area contributed by atoms with E-state index in [2.05, 4.69) is 33.1 Å². The number of nitrogens with zero attached hydrogens (tertiary/aromatic N) is 4. The fraction of sp³-hybridized carbons (Fsp3) is 0.600. The molecular weight excluding hydrogens is 340 g/mol. The Morgan fingerprint density at radius 1 is 1.22 bits per heavy atom. The highest BCUT2D eigenvalue weighted by Crippen LogP contribution is 2.19. The van der Waals surface area contributed by atoms with Gasteiger partial charge >= 0.3 is 0 Å². The lowest BCUT2D eigenvalue weighted by molar-refractivity contribution is -0.134. The molecule has 146 valence electrons. The minimum Gasteiger partial charge on any atom is -0.341 e. The first-order valence-corrected chi connectivity index (χ1v) is 9.99. The molecule has 7 nitrogen and oxygen atoms in total. The van der Waals surface area contributed by atoms with Gasteiger partial charge in [0.05, 0.1) is 17.8 Å². The molecule has 0 spiro atoms. The summed E-state index contributed by atoms with van der Waals surface area (Å²) in [6.45, 7) is 6.22. The highest BCUT2D eigenvalue weighted by Gasteiger charge is 2.30. The number of fused-ring (bicyclic) bond motifs is 1. The number of likely N-dealkylation sites (tertiary alicyclic amines) is 1. The summed E-state index contributed by atoms with van der Waals surface area (Å²) in [5, 5.41) is 8.04. The third-order valence-corrected chi connectivity index (χ3v) is 6.11. The third kappa shape index (κ3) is 4.15. The Morgan fingerprint density at radius 2 is 1.96 bits per heavy atom. The van der Waals surface area contributed by atoms with E-state index < -0.39 is 6.04 Å². The van der Waals surface area contributed by atoms with Crippen LogP contribution < -0.4 is 5.73 Å². The van der Waals surface area contributed by atoms with E-state index in [1.807, 2.05) is 17.0 Å². The molecule has 0 saturated carbocycles. The zero-order valence-electron chi connectivity index (χ0n) is 16.1. The number of piperazine rings is 1. The summed E-state index contributed by atoms with van der Waals surface area (Å²) in [5.41, 5.74) is 8.35. The average molecular weight is 371 g/mol. The Balaban J connectivity index is 1.29. The predicted octanol–water partition coefficient (Wildman–Crippen LogP) is 0.671. The number of hydrogen-bond donors (Lipinski definition) is 2. The largest absolute Gasteiger partial charge is 0.341 e. The van der Waals surface area contributed by atoms with Gasteiger partial charge in [0.25, 0.3) is 0 Å². The van der Waals surface area contributed by atoms with Gasteiger partial charge in [0, 0.05) is 50.7 Å². The van der Waals surface area contributed by atoms with Crippen molar-refractivity contribution in [1.29, 1.82) is 0 Å². The van der Waals surface area contributed by atoms with Gasteiger partial charge in [-0.25, -0.2) is 0 Å². The molecule has 3 heterocycles. The maximum Gasteiger partial charge on any atom is 0.239 e. The van der Waals surface area contributed by atoms with Crippen LogP contribution in [0.25, 0.3) is 10.9 Å². The van der Waals surface area contributed by atoms with Crippen molar-refractivity contribution in [3.05, 3.63) is 30.0 Å². The number of carbonyl (C=O) groups excluding carboxylic acids is 1. The molecule has 2 aliphatic rings. The summed E-state index contributed by atoms with van der Waals surface area (Å²) in [7, 11) is 2.18. The Morgan fingerprint density at radius 3 is 2.70 bits per heavy atom. The predicted molar refractivity (Wildman–Crippen MR) is 106 cm³/mol. The summed E-state index contributed by atoms with van der Waals surface area (Å²) >= 11 is 0. The van der Waals surface area contributed by atoms with Crippen molar-refractivity contribution in [3.63, 3.8) is 0 Å². The molecule has 27 heavy (non-hydrogen) atoms. The first-order chi connectivity index (χ1) is 13.1. The maximum absolute atomic E-state index is 12.8. The van der Waals surface area contributed by atoms with E-state index in [1.54, 1.807) is 6.20 Å². The zero-order chi connectivity index (χ0) is 18.8. The van der Waals surface area contributed by atoms with Gasteiger partial charge in [-0.3, -0.25) is 14.8 Å². The van der Waals surface area contributed by atoms with Crippen LogP contribution >= 0.6 is 0 Å². The molecule has 2 fully saturated rings. The molecule has 0 radical (unpaired) electrons. The highest BCUT2D eigenvalue weighted by molar-refractivity contribution is 5.83. The van der Waals surface area contributed by atoms with Crippen molar-refractivity contribution < 1.29 is 4.79 Å². The zero-order valence-corrected chi connectivity index (χ0v) is 16.1. The van der Waals surface area contributed by atoms with Gasteiger partial charge < -0.3 is 15.5 Å². The molecule has 1 atom stereocenters. The monoisotopic (exact) mass is 370 g/mol. The molecular formula is C20H30N6O. The van der Waals surface area contributed by atoms with E-state index >= 15 is 0 Å². The minimum absolute atomic E-state index is 0.0825. The van der Waals surface area contributed by atoms with Crippen LogP contribution in [0.2, 0.25) is 0 Å². The lowest BCUT2D eigenvalue weighted by atomic mass is 9.99. The Bertz CT molecular complexity index is 774. The molecule has 2 saturated heterocycles. The number of hydrogen-bond acceptors (Lipinski definition) is 5. The molecule has 4 rings (SSSR count). The normalized spacial score (nSPS) is 21.6. The van der Waals surface area contributed by atoms with Gasteiger partial charge in [-0.15, -0.1) is 0 Å². The first kappa shape index (κ1) is 18.4. The number of amides is 1. The molecule has 1 amide bonds. The van der Waals surface area contributed by atoms with Crippen molar-refractivity contribution in [2.24, 2.45) is 5.73 Å². The topological polar surface area (TPSA) is 81.5 Å². The molecule has 1 aromatic heterocycles. The van der Waals surface area contributed by atoms with E-state index in [9.17, 15) is 4.79 Å². The highest BCUT2D eigenvalue weighted by atomic mass is 16.2. The standard InChI is InChI=1S/C20H30N6O/c1-24-8-10-25(11-9-24)17-4-6-26(7-5-17)20(27)18(21)13-15-2-3-19-16(12-15)14-22-23-19/h2-3,12,14,17-18H,4-11,13,21H2,1H3,(H,22,23). The second-order valence-electron chi connectivity index (χ2n) is 8.00. The number of carbonyl (C=O) groups is 1. The number of rotatable bonds is 4. The molecule has 0 bridgehead atoms. The van der Waals surface area contributed by atoms with Crippen LogP contribution in [0.1, 0.15) is 18.4 Å². The van der Waals surface area contributed by atoms with Gasteiger partial charge in [0.15, 0.2) is 0 Å². The number of aromatic amines is 1. The number of nitrogens with one attached hydrogen (secondary N) is 1. The van der Waals surface area contributed by atoms with Crippen LogP contribution in [0.4, 0.5) is 0 Å². The number of nitrogens with two attached hydrogens (primary N) is 1. The van der Waals surface area contributed by atoms with Crippen LogP contribution in [-0.4, -0.2) is 89.2 Å². The van der Waals surface area contributed by atoms with Crippen molar-refractivity contribution in [3.8, 4) is 0 Å². The Labute approximate surface area is 160 Å². The lowest BCUT2D eigenvalue weighted by Gasteiger charge is -2.42. The van der Waals surface area contributed by atoms with Crippen molar-refractivity contribution >= 4 is 16.8 Å². The van der Waals surface area contributed by atoms with Gasteiger partial charge in [0.1, 0.15) is 0 Å². The number of likely N-dealkylation sites (N-methyl/N-ethyl adjacent to an activating group) is 1. The van der Waals surface area contributed by atoms with Crippen molar-refractivity contribution in [1.82, 2.24) is 24.9 Å². The van der Waals surface area contributed by atoms with Crippen LogP contribution in [-0.2, 0) is 11.2 Å². The fourth-order valence-corrected chi connectivity index (χ4v) is 4.33. The molecule has 1 unspecified atom stereocenters. The average Bonchev–Trinajstić information content (AvgIpc) is 3.16. The van der Waals surface area contributed by atoms with E-state index in [0.29, 0.717) is 12.5 Å². The smallest absolute Gasteiger partial charge is 0.239 e. The fourth-order valence-electron chi connectivity index (χ4n) is 4.33. The molecule has 3 N–H and O–H groups in total. The summed E-state index contributed by atoms with van der Waals surface area (Å²) in [6, 6.07) is 6.21. The first-order valence-electron chi connectivity index (χ1n) is 9.99. The van der Waals surface area contributed by atoms with Crippen LogP contribution in [0.5, 0.6) is 0 Å². The second-order valence-corrected chi connectivity index (χ2v) is 8.00. The Hall–Kier alpha value is -1.96. The van der Waals surface area contributed by atoms with E-state index in [4.69, 9.17) is 5.73 Å². The van der Waals surface area contributed by atoms with Crippen LogP contribution in [0.15, 0.2) is 24.4 Å². The van der Waals surface area contributed by atoms with Gasteiger partial charge in [-0.05, 0) is 44.0 Å². The summed E-state index contributed by atoms with van der Waals surface area (Å²) in [6.07, 6.45) is 4.49. The van der Waals surface area contributed by atoms with Gasteiger partial charge in [-0.2, -0.15) is 5.10 Å². The number of H-pyrrole nitrogens is 1. The van der Waals surface area contributed by atoms with Crippen molar-refractivity contribution in [2.75, 3.05) is 46.3 Å². The molecule has 0 aliphatic carbocycles. The maximum atomic E-state index is 12.8. The molecule has 2 aromatic rings. The van der Waals surface area contributed by atoms with Crippen LogP contribution in [0.3, 0.4) is 0 Å². The van der Waals surface area contributed by atoms with Gasteiger partial charge in [0.2, 0.25) is 5.91 Å². The van der Waals surface area contributed by atoms with Crippen molar-refractivity contribution in [2.45, 2.75) is 31.3 Å². The molecule has 7 heteroatoms. The SMILES string of the molecule is CN1CCN(C2CCN(C(=O)C(N)Cc3ccc4[nH]ncc4c3)CC2)CC1. The summed E-state index contributed by atoms with van der Waals surface area (Å²) in [5.74, 6) is 0.0825. The quantitative estimate of drug-likeness (QED) is 0.827. The van der Waals surface area contributed by atoms with E-state index in [0.717, 1.165) is 68.6 Å². The number of benzene rings is 1. The third-order valence-electron chi connectivity index (χ3n) is 6.11. The second kappa shape index (κ2) is 7.96. The van der Waals surface area contributed by atoms with Gasteiger partial charge in [-0.1, -0.05) is 6.07 Å². The van der Waals surface area contributed by atoms with E-state index in [-0.39, 0.29) is 5.91 Å². The Kier molecular flexibility index (Phi) is 5.43. The number of aromatic nitrogens is 2.